The van der Waals surface area contributed by atoms with Crippen LogP contribution in [0.25, 0.3) is 0 Å². The molecule has 3 atom stereocenters. The number of nitrogens with zero attached hydrogens (tertiary/aromatic N) is 4. The summed E-state index contributed by atoms with van der Waals surface area (Å²) in [6, 6.07) is 0.385. The van der Waals surface area contributed by atoms with Crippen LogP contribution in [0.15, 0.2) is 4.63 Å². The fourth-order valence-electron chi connectivity index (χ4n) is 3.39. The number of carbonyl (C=O) groups is 2. The number of rotatable bonds is 5. The van der Waals surface area contributed by atoms with Crippen LogP contribution in [0.5, 0.6) is 0 Å². The Morgan fingerprint density at radius 3 is 2.80 bits per heavy atom. The van der Waals surface area contributed by atoms with Gasteiger partial charge in [0.15, 0.2) is 0 Å². The molecular formula is C16H25N5O4. The maximum Gasteiger partial charge on any atom is 0.226 e. The van der Waals surface area contributed by atoms with Gasteiger partial charge in [0.1, 0.15) is 11.4 Å². The normalized spacial score (nSPS) is 26.3. The lowest BCUT2D eigenvalue weighted by molar-refractivity contribution is -0.134. The molecule has 138 valence electrons. The summed E-state index contributed by atoms with van der Waals surface area (Å²) in [7, 11) is 3.50. The van der Waals surface area contributed by atoms with Gasteiger partial charge in [0.25, 0.3) is 0 Å². The van der Waals surface area contributed by atoms with Gasteiger partial charge in [-0.2, -0.15) is 0 Å². The van der Waals surface area contributed by atoms with Crippen molar-refractivity contribution in [2.45, 2.75) is 44.4 Å². The Kier molecular flexibility index (Phi) is 5.33. The number of hydrogen-bond acceptors (Lipinski definition) is 7. The molecule has 9 nitrogen and oxygen atoms in total. The van der Waals surface area contributed by atoms with Crippen LogP contribution in [-0.2, 0) is 20.7 Å². The fourth-order valence-corrected chi connectivity index (χ4v) is 3.39. The molecule has 2 saturated heterocycles. The van der Waals surface area contributed by atoms with E-state index in [-0.39, 0.29) is 30.4 Å². The second kappa shape index (κ2) is 7.49. The summed E-state index contributed by atoms with van der Waals surface area (Å²) in [6.07, 6.45) is 1.35. The predicted molar refractivity (Wildman–Crippen MR) is 87.7 cm³/mol. The Labute approximate surface area is 146 Å². The van der Waals surface area contributed by atoms with E-state index in [1.54, 1.807) is 25.9 Å². The van der Waals surface area contributed by atoms with Crippen molar-refractivity contribution in [1.82, 2.24) is 25.4 Å². The molecule has 0 aliphatic carbocycles. The fraction of sp³-hybridized carbons (Fsp3) is 0.750. The summed E-state index contributed by atoms with van der Waals surface area (Å²) >= 11 is 0. The van der Waals surface area contributed by atoms with Gasteiger partial charge >= 0.3 is 0 Å². The number of aromatic nitrogens is 2. The molecule has 0 bridgehead atoms. The van der Waals surface area contributed by atoms with Crippen molar-refractivity contribution in [3.63, 3.8) is 0 Å². The van der Waals surface area contributed by atoms with E-state index in [4.69, 9.17) is 4.74 Å². The first kappa shape index (κ1) is 17.8. The number of hydrogen-bond donors (Lipinski definition) is 1. The minimum Gasteiger partial charge on any atom is -0.375 e. The topological polar surface area (TPSA) is 101 Å². The molecule has 2 aliphatic heterocycles. The van der Waals surface area contributed by atoms with E-state index in [2.05, 4.69) is 25.2 Å². The summed E-state index contributed by atoms with van der Waals surface area (Å²) in [4.78, 5) is 27.9. The van der Waals surface area contributed by atoms with Crippen molar-refractivity contribution in [2.75, 3.05) is 33.8 Å². The highest BCUT2D eigenvalue weighted by molar-refractivity contribution is 5.78. The number of amides is 2. The number of ether oxygens (including phenoxy) is 1. The van der Waals surface area contributed by atoms with Crippen molar-refractivity contribution in [3.05, 3.63) is 11.4 Å². The first-order valence-corrected chi connectivity index (χ1v) is 8.55. The second-order valence-electron chi connectivity index (χ2n) is 7.03. The van der Waals surface area contributed by atoms with Crippen LogP contribution >= 0.6 is 0 Å². The summed E-state index contributed by atoms with van der Waals surface area (Å²) in [6.45, 7) is 3.87. The molecule has 0 radical (unpaired) electrons. The van der Waals surface area contributed by atoms with Crippen LogP contribution < -0.4 is 5.32 Å². The number of morpholine rings is 1. The smallest absolute Gasteiger partial charge is 0.226 e. The zero-order valence-corrected chi connectivity index (χ0v) is 14.9. The zero-order valence-electron chi connectivity index (χ0n) is 14.9. The quantitative estimate of drug-likeness (QED) is 0.753. The zero-order chi connectivity index (χ0) is 18.0. The molecule has 0 spiro atoms. The van der Waals surface area contributed by atoms with Crippen LogP contribution in [0.1, 0.15) is 24.2 Å². The first-order chi connectivity index (χ1) is 11.9. The molecule has 1 N–H and O–H groups in total. The Hall–Kier alpha value is -2.00. The molecular weight excluding hydrogens is 326 g/mol. The van der Waals surface area contributed by atoms with Crippen molar-refractivity contribution in [3.8, 4) is 0 Å². The van der Waals surface area contributed by atoms with E-state index in [1.807, 2.05) is 0 Å². The summed E-state index contributed by atoms with van der Waals surface area (Å²) in [5, 5.41) is 10.5. The third-order valence-corrected chi connectivity index (χ3v) is 4.83. The monoisotopic (exact) mass is 351 g/mol. The molecule has 0 saturated carbocycles. The Morgan fingerprint density at radius 1 is 1.32 bits per heavy atom. The standard InChI is InChI=1S/C16H25N5O4/c1-10-14(19-25-18-10)6-15(22)17-11-4-12-9-24-13(8-21(12)7-11)5-16(23)20(2)3/h11-13H,4-9H2,1-3H3,(H,17,22)/t11-,12-,13-/m0/s1. The highest BCUT2D eigenvalue weighted by atomic mass is 16.6. The highest BCUT2D eigenvalue weighted by Gasteiger charge is 2.38. The van der Waals surface area contributed by atoms with E-state index in [1.165, 1.54) is 0 Å². The molecule has 25 heavy (non-hydrogen) atoms. The Bertz CT molecular complexity index is 632. The predicted octanol–water partition coefficient (Wildman–Crippen LogP) is -0.643. The number of nitrogens with one attached hydrogen (secondary N) is 1. The van der Waals surface area contributed by atoms with Gasteiger partial charge in [-0.05, 0) is 13.3 Å². The summed E-state index contributed by atoms with van der Waals surface area (Å²) in [5.74, 6) is -0.00649. The van der Waals surface area contributed by atoms with Gasteiger partial charge in [-0.15, -0.1) is 0 Å². The number of carbonyl (C=O) groups excluding carboxylic acids is 2. The number of fused-ring (bicyclic) bond motifs is 1. The van der Waals surface area contributed by atoms with E-state index >= 15 is 0 Å². The lowest BCUT2D eigenvalue weighted by Gasteiger charge is -2.35. The minimum atomic E-state index is -0.0797. The van der Waals surface area contributed by atoms with Gasteiger partial charge in [-0.25, -0.2) is 4.63 Å². The molecule has 2 amide bonds. The Morgan fingerprint density at radius 2 is 2.12 bits per heavy atom. The van der Waals surface area contributed by atoms with Crippen molar-refractivity contribution in [1.29, 1.82) is 0 Å². The van der Waals surface area contributed by atoms with E-state index in [0.717, 1.165) is 19.5 Å². The number of aryl methyl sites for hydroxylation is 1. The molecule has 9 heteroatoms. The molecule has 3 rings (SSSR count). The largest absolute Gasteiger partial charge is 0.375 e. The Balaban J connectivity index is 1.47. The molecule has 2 fully saturated rings. The average molecular weight is 351 g/mol. The van der Waals surface area contributed by atoms with Crippen molar-refractivity contribution >= 4 is 11.8 Å². The maximum absolute atomic E-state index is 12.2. The molecule has 1 aromatic heterocycles. The van der Waals surface area contributed by atoms with Gasteiger partial charge < -0.3 is 15.0 Å². The minimum absolute atomic E-state index is 0.0732. The van der Waals surface area contributed by atoms with Crippen LogP contribution in [0.3, 0.4) is 0 Å². The van der Waals surface area contributed by atoms with E-state index in [0.29, 0.717) is 30.5 Å². The molecule has 0 unspecified atom stereocenters. The average Bonchev–Trinajstić information content (AvgIpc) is 3.12. The third kappa shape index (κ3) is 4.35. The van der Waals surface area contributed by atoms with Gasteiger partial charge in [0.2, 0.25) is 11.8 Å². The maximum atomic E-state index is 12.2. The molecule has 1 aromatic rings. The van der Waals surface area contributed by atoms with Gasteiger partial charge in [-0.3, -0.25) is 14.5 Å². The van der Waals surface area contributed by atoms with Gasteiger partial charge in [-0.1, -0.05) is 10.3 Å². The molecule has 3 heterocycles. The molecule has 2 aliphatic rings. The molecule has 0 aromatic carbocycles. The third-order valence-electron chi connectivity index (χ3n) is 4.83. The van der Waals surface area contributed by atoms with Crippen LogP contribution in [0, 0.1) is 6.92 Å². The SMILES string of the molecule is Cc1nonc1CC(=O)N[C@H]1C[C@H]2CO[C@@H](CC(=O)N(C)C)CN2C1. The van der Waals surface area contributed by atoms with Crippen LogP contribution in [0.2, 0.25) is 0 Å². The van der Waals surface area contributed by atoms with Crippen molar-refractivity contribution < 1.29 is 19.0 Å². The lowest BCUT2D eigenvalue weighted by Crippen LogP contribution is -2.47. The lowest BCUT2D eigenvalue weighted by atomic mass is 10.1. The van der Waals surface area contributed by atoms with Crippen molar-refractivity contribution in [2.24, 2.45) is 0 Å². The van der Waals surface area contributed by atoms with E-state index < -0.39 is 0 Å². The first-order valence-electron chi connectivity index (χ1n) is 8.55. The van der Waals surface area contributed by atoms with E-state index in [9.17, 15) is 9.59 Å². The van der Waals surface area contributed by atoms with Crippen LogP contribution in [0.4, 0.5) is 0 Å². The summed E-state index contributed by atoms with van der Waals surface area (Å²) in [5.41, 5.74) is 1.21. The van der Waals surface area contributed by atoms with Gasteiger partial charge in [0, 0.05) is 39.3 Å². The summed E-state index contributed by atoms with van der Waals surface area (Å²) < 4.78 is 10.5. The second-order valence-corrected chi connectivity index (χ2v) is 7.03. The highest BCUT2D eigenvalue weighted by Crippen LogP contribution is 2.24. The van der Waals surface area contributed by atoms with Crippen LogP contribution in [-0.4, -0.2) is 83.9 Å². The van der Waals surface area contributed by atoms with Gasteiger partial charge in [0.05, 0.1) is 25.6 Å².